The Bertz CT molecular complexity index is 1110. The molecule has 1 heterocycles. The van der Waals surface area contributed by atoms with Crippen LogP contribution in [-0.2, 0) is 4.79 Å². The van der Waals surface area contributed by atoms with Crippen molar-refractivity contribution >= 4 is 17.7 Å². The van der Waals surface area contributed by atoms with Gasteiger partial charge in [0.05, 0.1) is 17.5 Å². The zero-order valence-corrected chi connectivity index (χ0v) is 18.2. The third kappa shape index (κ3) is 4.83. The Hall–Kier alpha value is -3.45. The van der Waals surface area contributed by atoms with Gasteiger partial charge in [-0.25, -0.2) is 0 Å². The largest absolute Gasteiger partial charge is 0.334 e. The van der Waals surface area contributed by atoms with E-state index in [1.807, 2.05) is 98.9 Å². The molecule has 0 radical (unpaired) electrons. The lowest BCUT2D eigenvalue weighted by molar-refractivity contribution is -0.128. The van der Waals surface area contributed by atoms with Gasteiger partial charge in [0.25, 0.3) is 0 Å². The van der Waals surface area contributed by atoms with Crippen LogP contribution in [0.3, 0.4) is 0 Å². The number of hydrogen-bond donors (Lipinski definition) is 0. The van der Waals surface area contributed by atoms with Crippen molar-refractivity contribution in [2.45, 2.75) is 18.1 Å². The Labute approximate surface area is 185 Å². The SMILES string of the molecule is Cc1cccc(-n2nnnc2SCC(=O)N(C)C(c2ccccc2)c2ccccc2)c1. The topological polar surface area (TPSA) is 63.9 Å². The summed E-state index contributed by atoms with van der Waals surface area (Å²) in [5, 5.41) is 12.6. The second-order valence-corrected chi connectivity index (χ2v) is 8.17. The summed E-state index contributed by atoms with van der Waals surface area (Å²) in [6, 6.07) is 27.9. The van der Waals surface area contributed by atoms with E-state index in [-0.39, 0.29) is 17.7 Å². The van der Waals surface area contributed by atoms with E-state index in [0.29, 0.717) is 5.16 Å². The Morgan fingerprint density at radius 3 is 2.23 bits per heavy atom. The van der Waals surface area contributed by atoms with Crippen molar-refractivity contribution in [1.82, 2.24) is 25.1 Å². The highest BCUT2D eigenvalue weighted by Gasteiger charge is 2.24. The minimum atomic E-state index is -0.164. The van der Waals surface area contributed by atoms with Gasteiger partial charge in [-0.1, -0.05) is 84.6 Å². The van der Waals surface area contributed by atoms with Crippen LogP contribution in [0.1, 0.15) is 22.7 Å². The van der Waals surface area contributed by atoms with Crippen LogP contribution >= 0.6 is 11.8 Å². The number of hydrogen-bond acceptors (Lipinski definition) is 5. The maximum atomic E-state index is 13.2. The number of aromatic nitrogens is 4. The first-order chi connectivity index (χ1) is 15.1. The fourth-order valence-corrected chi connectivity index (χ4v) is 4.29. The molecule has 0 unspecified atom stereocenters. The van der Waals surface area contributed by atoms with Crippen LogP contribution in [-0.4, -0.2) is 43.8 Å². The average Bonchev–Trinajstić information content (AvgIpc) is 3.28. The summed E-state index contributed by atoms with van der Waals surface area (Å²) in [6.07, 6.45) is 0. The quantitative estimate of drug-likeness (QED) is 0.410. The molecule has 0 fully saturated rings. The van der Waals surface area contributed by atoms with Gasteiger partial charge < -0.3 is 4.90 Å². The predicted molar refractivity (Wildman–Crippen MR) is 122 cm³/mol. The van der Waals surface area contributed by atoms with Crippen LogP contribution in [0, 0.1) is 6.92 Å². The second-order valence-electron chi connectivity index (χ2n) is 7.23. The van der Waals surface area contributed by atoms with Gasteiger partial charge in [0.1, 0.15) is 0 Å². The molecule has 3 aromatic carbocycles. The fraction of sp³-hybridized carbons (Fsp3) is 0.167. The van der Waals surface area contributed by atoms with Crippen LogP contribution in [0.5, 0.6) is 0 Å². The first kappa shape index (κ1) is 20.8. The van der Waals surface area contributed by atoms with E-state index in [9.17, 15) is 4.79 Å². The minimum Gasteiger partial charge on any atom is -0.334 e. The van der Waals surface area contributed by atoms with Gasteiger partial charge in [-0.15, -0.1) is 5.10 Å². The van der Waals surface area contributed by atoms with E-state index in [4.69, 9.17) is 0 Å². The number of tetrazole rings is 1. The number of benzene rings is 3. The molecule has 1 amide bonds. The average molecular weight is 430 g/mol. The van der Waals surface area contributed by atoms with Gasteiger partial charge in [-0.3, -0.25) is 4.79 Å². The number of carbonyl (C=O) groups is 1. The summed E-state index contributed by atoms with van der Waals surface area (Å²) in [6.45, 7) is 2.02. The van der Waals surface area contributed by atoms with Crippen LogP contribution in [0.15, 0.2) is 90.1 Å². The van der Waals surface area contributed by atoms with Crippen molar-refractivity contribution in [2.75, 3.05) is 12.8 Å². The maximum absolute atomic E-state index is 13.2. The zero-order chi connectivity index (χ0) is 21.6. The van der Waals surface area contributed by atoms with E-state index in [0.717, 1.165) is 22.4 Å². The standard InChI is InChI=1S/C24H23N5OS/c1-18-10-9-15-21(16-18)29-24(25-26-27-29)31-17-22(30)28(2)23(19-11-5-3-6-12-19)20-13-7-4-8-14-20/h3-16,23H,17H2,1-2H3. The van der Waals surface area contributed by atoms with Crippen molar-refractivity contribution in [3.63, 3.8) is 0 Å². The summed E-state index contributed by atoms with van der Waals surface area (Å²) in [4.78, 5) is 14.9. The van der Waals surface area contributed by atoms with Crippen molar-refractivity contribution in [3.8, 4) is 5.69 Å². The molecule has 0 saturated carbocycles. The van der Waals surface area contributed by atoms with E-state index in [1.165, 1.54) is 11.8 Å². The Morgan fingerprint density at radius 1 is 0.968 bits per heavy atom. The molecular formula is C24H23N5OS. The highest BCUT2D eigenvalue weighted by molar-refractivity contribution is 7.99. The molecule has 7 heteroatoms. The van der Waals surface area contributed by atoms with Gasteiger partial charge in [0.15, 0.2) is 0 Å². The van der Waals surface area contributed by atoms with Gasteiger partial charge in [0, 0.05) is 7.05 Å². The van der Waals surface area contributed by atoms with E-state index >= 15 is 0 Å². The lowest BCUT2D eigenvalue weighted by Crippen LogP contribution is -2.33. The predicted octanol–water partition coefficient (Wildman–Crippen LogP) is 4.31. The Morgan fingerprint density at radius 2 is 1.61 bits per heavy atom. The molecule has 156 valence electrons. The highest BCUT2D eigenvalue weighted by atomic mass is 32.2. The summed E-state index contributed by atoms with van der Waals surface area (Å²) in [7, 11) is 1.84. The van der Waals surface area contributed by atoms with E-state index in [2.05, 4.69) is 15.5 Å². The third-order valence-electron chi connectivity index (χ3n) is 5.02. The van der Waals surface area contributed by atoms with Gasteiger partial charge >= 0.3 is 0 Å². The normalized spacial score (nSPS) is 10.9. The van der Waals surface area contributed by atoms with Gasteiger partial charge in [-0.05, 0) is 46.2 Å². The summed E-state index contributed by atoms with van der Waals surface area (Å²) in [5.74, 6) is 0.236. The highest BCUT2D eigenvalue weighted by Crippen LogP contribution is 2.28. The lowest BCUT2D eigenvalue weighted by atomic mass is 9.97. The molecule has 0 aliphatic rings. The zero-order valence-electron chi connectivity index (χ0n) is 17.4. The fourth-order valence-electron chi connectivity index (χ4n) is 3.47. The first-order valence-corrected chi connectivity index (χ1v) is 11.0. The molecule has 0 N–H and O–H groups in total. The van der Waals surface area contributed by atoms with Crippen molar-refractivity contribution in [2.24, 2.45) is 0 Å². The van der Waals surface area contributed by atoms with Crippen LogP contribution in [0.2, 0.25) is 0 Å². The molecule has 4 rings (SSSR count). The molecule has 0 bridgehead atoms. The molecule has 6 nitrogen and oxygen atoms in total. The van der Waals surface area contributed by atoms with Crippen LogP contribution < -0.4 is 0 Å². The lowest BCUT2D eigenvalue weighted by Gasteiger charge is -2.29. The minimum absolute atomic E-state index is 0.00139. The monoisotopic (exact) mass is 429 g/mol. The number of amides is 1. The van der Waals surface area contributed by atoms with Crippen molar-refractivity contribution in [1.29, 1.82) is 0 Å². The number of nitrogens with zero attached hydrogens (tertiary/aromatic N) is 5. The van der Waals surface area contributed by atoms with E-state index in [1.54, 1.807) is 9.58 Å². The summed E-state index contributed by atoms with van der Waals surface area (Å²) < 4.78 is 1.66. The number of rotatable bonds is 7. The third-order valence-corrected chi connectivity index (χ3v) is 5.93. The molecule has 0 aliphatic heterocycles. The molecule has 0 atom stereocenters. The molecule has 1 aromatic heterocycles. The van der Waals surface area contributed by atoms with Gasteiger partial charge in [0.2, 0.25) is 11.1 Å². The maximum Gasteiger partial charge on any atom is 0.233 e. The Balaban J connectivity index is 1.52. The molecule has 4 aromatic rings. The molecule has 0 spiro atoms. The smallest absolute Gasteiger partial charge is 0.233 e. The summed E-state index contributed by atoms with van der Waals surface area (Å²) >= 11 is 1.33. The number of thioether (sulfide) groups is 1. The molecule has 0 saturated heterocycles. The van der Waals surface area contributed by atoms with Crippen LogP contribution in [0.25, 0.3) is 5.69 Å². The molecule has 31 heavy (non-hydrogen) atoms. The second kappa shape index (κ2) is 9.57. The van der Waals surface area contributed by atoms with Crippen LogP contribution in [0.4, 0.5) is 0 Å². The van der Waals surface area contributed by atoms with Crippen molar-refractivity contribution in [3.05, 3.63) is 102 Å². The Kier molecular flexibility index (Phi) is 6.43. The number of aryl methyl sites for hydroxylation is 1. The van der Waals surface area contributed by atoms with Crippen molar-refractivity contribution < 1.29 is 4.79 Å². The first-order valence-electron chi connectivity index (χ1n) is 9.97. The van der Waals surface area contributed by atoms with E-state index < -0.39 is 0 Å². The summed E-state index contributed by atoms with van der Waals surface area (Å²) in [5.41, 5.74) is 4.13. The molecular weight excluding hydrogens is 406 g/mol. The molecule has 0 aliphatic carbocycles. The number of carbonyl (C=O) groups excluding carboxylic acids is 1. The van der Waals surface area contributed by atoms with Gasteiger partial charge in [-0.2, -0.15) is 4.68 Å².